The minimum atomic E-state index is -1.81. The third kappa shape index (κ3) is 3.67. The highest BCUT2D eigenvalue weighted by atomic mass is 32.2. The van der Waals surface area contributed by atoms with Crippen LogP contribution in [-0.2, 0) is 35.1 Å². The molecule has 29 heavy (non-hydrogen) atoms. The number of thioether (sulfide) groups is 1. The van der Waals surface area contributed by atoms with Gasteiger partial charge in [-0.15, -0.1) is 23.1 Å². The van der Waals surface area contributed by atoms with Crippen molar-refractivity contribution in [3.63, 3.8) is 0 Å². The summed E-state index contributed by atoms with van der Waals surface area (Å²) < 4.78 is 4.88. The maximum Gasteiger partial charge on any atom is 0.352 e. The van der Waals surface area contributed by atoms with Crippen molar-refractivity contribution in [2.75, 3.05) is 12.4 Å². The van der Waals surface area contributed by atoms with E-state index in [2.05, 4.69) is 5.32 Å². The summed E-state index contributed by atoms with van der Waals surface area (Å²) in [6.07, 6.45) is 0.0106. The number of carbonyl (C=O) groups excluding carboxylic acids is 4. The van der Waals surface area contributed by atoms with E-state index in [1.165, 1.54) is 25.2 Å². The second kappa shape index (κ2) is 7.99. The molecule has 154 valence electrons. The van der Waals surface area contributed by atoms with Gasteiger partial charge in [0.25, 0.3) is 5.91 Å². The van der Waals surface area contributed by atoms with Crippen LogP contribution in [0.25, 0.3) is 0 Å². The van der Waals surface area contributed by atoms with Crippen LogP contribution in [-0.4, -0.2) is 62.8 Å². The van der Waals surface area contributed by atoms with Gasteiger partial charge >= 0.3 is 11.9 Å². The maximum absolute atomic E-state index is 13.0. The highest BCUT2D eigenvalue weighted by molar-refractivity contribution is 8.00. The molecule has 0 saturated carbocycles. The van der Waals surface area contributed by atoms with Crippen LogP contribution in [0, 0.1) is 0 Å². The molecule has 2 atom stereocenters. The van der Waals surface area contributed by atoms with Crippen LogP contribution in [0.15, 0.2) is 28.8 Å². The van der Waals surface area contributed by atoms with E-state index in [0.717, 1.165) is 21.5 Å². The highest BCUT2D eigenvalue weighted by Crippen LogP contribution is 2.46. The van der Waals surface area contributed by atoms with Gasteiger partial charge in [-0.3, -0.25) is 24.1 Å². The summed E-state index contributed by atoms with van der Waals surface area (Å²) in [7, 11) is 0. The first-order valence-electron chi connectivity index (χ1n) is 8.56. The Labute approximate surface area is 174 Å². The summed E-state index contributed by atoms with van der Waals surface area (Å²) in [5.41, 5.74) is -1.87. The van der Waals surface area contributed by atoms with Gasteiger partial charge in [-0.2, -0.15) is 0 Å². The lowest BCUT2D eigenvalue weighted by atomic mass is 9.82. The Morgan fingerprint density at radius 3 is 2.62 bits per heavy atom. The number of hydrogen-bond acceptors (Lipinski definition) is 8. The average molecular weight is 438 g/mol. The van der Waals surface area contributed by atoms with Crippen molar-refractivity contribution in [2.45, 2.75) is 31.2 Å². The summed E-state index contributed by atoms with van der Waals surface area (Å²) in [5, 5.41) is 13.1. The standard InChI is InChI=1S/C18H18N2O7S2/c1-9(21)18(19-13(23)6-12-4-3-5-28-12)16(26)20-14(15(24)25)11(7-27-10(2)22)8-29-17(18)20/h3-5,17H,6-8H2,1-2H3,(H,19,23)(H,24,25)/t17-,18?/m1/s1. The first-order valence-corrected chi connectivity index (χ1v) is 10.5. The number of amides is 2. The largest absolute Gasteiger partial charge is 0.477 e. The van der Waals surface area contributed by atoms with Crippen LogP contribution in [0.1, 0.15) is 18.7 Å². The molecular weight excluding hydrogens is 420 g/mol. The smallest absolute Gasteiger partial charge is 0.352 e. The number of aliphatic carboxylic acids is 1. The third-order valence-corrected chi connectivity index (χ3v) is 6.88. The Balaban J connectivity index is 1.87. The number of nitrogens with one attached hydrogen (secondary N) is 1. The van der Waals surface area contributed by atoms with Crippen LogP contribution >= 0.6 is 23.1 Å². The molecule has 2 amide bonds. The molecule has 2 aliphatic rings. The van der Waals surface area contributed by atoms with E-state index in [0.29, 0.717) is 0 Å². The third-order valence-electron chi connectivity index (χ3n) is 4.61. The summed E-state index contributed by atoms with van der Waals surface area (Å²) in [5.74, 6) is -3.68. The van der Waals surface area contributed by atoms with E-state index < -0.39 is 40.4 Å². The molecule has 0 radical (unpaired) electrons. The van der Waals surface area contributed by atoms with E-state index in [9.17, 15) is 29.1 Å². The molecule has 1 fully saturated rings. The predicted octanol–water partition coefficient (Wildman–Crippen LogP) is 0.552. The molecule has 1 aromatic rings. The Hall–Kier alpha value is -2.66. The van der Waals surface area contributed by atoms with Crippen molar-refractivity contribution < 1.29 is 33.8 Å². The molecule has 0 aliphatic carbocycles. The highest BCUT2D eigenvalue weighted by Gasteiger charge is 2.68. The quantitative estimate of drug-likeness (QED) is 0.359. The second-order valence-electron chi connectivity index (χ2n) is 6.54. The van der Waals surface area contributed by atoms with Crippen LogP contribution in [0.4, 0.5) is 0 Å². The molecule has 1 unspecified atom stereocenters. The topological polar surface area (TPSA) is 130 Å². The van der Waals surface area contributed by atoms with Crippen molar-refractivity contribution in [1.29, 1.82) is 0 Å². The number of carbonyl (C=O) groups is 5. The summed E-state index contributed by atoms with van der Waals surface area (Å²) in [4.78, 5) is 62.5. The fourth-order valence-corrected chi connectivity index (χ4v) is 5.49. The zero-order valence-electron chi connectivity index (χ0n) is 15.6. The molecule has 1 saturated heterocycles. The average Bonchev–Trinajstić information content (AvgIpc) is 3.15. The number of ether oxygens (including phenoxy) is 1. The van der Waals surface area contributed by atoms with Gasteiger partial charge in [0, 0.05) is 23.1 Å². The van der Waals surface area contributed by atoms with E-state index >= 15 is 0 Å². The lowest BCUT2D eigenvalue weighted by molar-refractivity contribution is -0.163. The zero-order valence-corrected chi connectivity index (χ0v) is 17.2. The van der Waals surface area contributed by atoms with Gasteiger partial charge in [0.15, 0.2) is 5.78 Å². The molecule has 3 heterocycles. The van der Waals surface area contributed by atoms with Crippen molar-refractivity contribution in [2.24, 2.45) is 0 Å². The number of Topliss-reactive ketones (excluding diaryl/α,β-unsaturated/α-hetero) is 1. The van der Waals surface area contributed by atoms with Crippen LogP contribution in [0.5, 0.6) is 0 Å². The number of ketones is 1. The van der Waals surface area contributed by atoms with Gasteiger partial charge in [-0.25, -0.2) is 4.79 Å². The maximum atomic E-state index is 13.0. The van der Waals surface area contributed by atoms with Gasteiger partial charge in [0.05, 0.1) is 6.42 Å². The van der Waals surface area contributed by atoms with Gasteiger partial charge in [0.2, 0.25) is 11.4 Å². The molecule has 3 rings (SSSR count). The zero-order chi connectivity index (χ0) is 21.3. The number of fused-ring (bicyclic) bond motifs is 1. The summed E-state index contributed by atoms with van der Waals surface area (Å²) in [6.45, 7) is 2.12. The van der Waals surface area contributed by atoms with Crippen molar-refractivity contribution in [3.8, 4) is 0 Å². The Kier molecular flexibility index (Phi) is 5.80. The minimum absolute atomic E-state index is 0.0106. The number of rotatable bonds is 7. The first kappa shape index (κ1) is 21.1. The summed E-state index contributed by atoms with van der Waals surface area (Å²) >= 11 is 2.52. The molecular formula is C18H18N2O7S2. The molecule has 2 aliphatic heterocycles. The van der Waals surface area contributed by atoms with E-state index in [1.807, 2.05) is 5.38 Å². The van der Waals surface area contributed by atoms with Gasteiger partial charge in [-0.1, -0.05) is 6.07 Å². The Bertz CT molecular complexity index is 925. The first-order chi connectivity index (χ1) is 13.7. The molecule has 2 N–H and O–H groups in total. The fraction of sp³-hybridized carbons (Fsp3) is 0.389. The van der Waals surface area contributed by atoms with Gasteiger partial charge in [-0.05, 0) is 18.4 Å². The molecule has 1 aromatic heterocycles. The lowest BCUT2D eigenvalue weighted by Gasteiger charge is -2.55. The van der Waals surface area contributed by atoms with Crippen LogP contribution < -0.4 is 5.32 Å². The van der Waals surface area contributed by atoms with Crippen molar-refractivity contribution in [3.05, 3.63) is 33.7 Å². The lowest BCUT2D eigenvalue weighted by Crippen LogP contribution is -2.82. The Morgan fingerprint density at radius 1 is 1.34 bits per heavy atom. The number of carboxylic acid groups (broad SMARTS) is 1. The van der Waals surface area contributed by atoms with E-state index in [-0.39, 0.29) is 30.1 Å². The number of thiophene rings is 1. The second-order valence-corrected chi connectivity index (χ2v) is 8.65. The number of nitrogens with zero attached hydrogens (tertiary/aromatic N) is 1. The fourth-order valence-electron chi connectivity index (χ4n) is 3.28. The SMILES string of the molecule is CC(=O)OCC1=C(C(=O)O)N2C(=O)C(NC(=O)Cc3cccs3)(C(C)=O)[C@H]2SC1. The summed E-state index contributed by atoms with van der Waals surface area (Å²) in [6, 6.07) is 3.55. The van der Waals surface area contributed by atoms with Gasteiger partial charge in [0.1, 0.15) is 17.7 Å². The van der Waals surface area contributed by atoms with Crippen molar-refractivity contribution in [1.82, 2.24) is 10.2 Å². The predicted molar refractivity (Wildman–Crippen MR) is 104 cm³/mol. The molecule has 11 heteroatoms. The number of hydrogen-bond donors (Lipinski definition) is 2. The van der Waals surface area contributed by atoms with E-state index in [4.69, 9.17) is 4.74 Å². The Morgan fingerprint density at radius 2 is 2.07 bits per heavy atom. The van der Waals surface area contributed by atoms with Gasteiger partial charge < -0.3 is 15.2 Å². The number of carboxylic acids is 1. The number of esters is 1. The molecule has 0 aromatic carbocycles. The molecule has 0 spiro atoms. The molecule has 9 nitrogen and oxygen atoms in total. The normalized spacial score (nSPS) is 23.2. The van der Waals surface area contributed by atoms with Crippen LogP contribution in [0.2, 0.25) is 0 Å². The minimum Gasteiger partial charge on any atom is -0.477 e. The monoisotopic (exact) mass is 438 g/mol. The van der Waals surface area contributed by atoms with Crippen molar-refractivity contribution >= 4 is 52.6 Å². The van der Waals surface area contributed by atoms with E-state index in [1.54, 1.807) is 12.1 Å². The molecule has 0 bridgehead atoms. The number of β-lactam (4-membered cyclic amide) rings is 1. The van der Waals surface area contributed by atoms with Crippen LogP contribution in [0.3, 0.4) is 0 Å².